The summed E-state index contributed by atoms with van der Waals surface area (Å²) in [5.74, 6) is -0.0848. The van der Waals surface area contributed by atoms with E-state index in [4.69, 9.17) is 4.74 Å². The predicted octanol–water partition coefficient (Wildman–Crippen LogP) is 3.72. The van der Waals surface area contributed by atoms with Crippen molar-refractivity contribution in [2.24, 2.45) is 0 Å². The SMILES string of the molecule is CCCCNC(=O)C1(NC(=O)CCCOc2cccc(F)c2)CCCCC1. The number of halogens is 1. The number of unbranched alkanes of at least 4 members (excludes halogenated alkanes) is 1. The van der Waals surface area contributed by atoms with Crippen LogP contribution >= 0.6 is 0 Å². The second kappa shape index (κ2) is 10.9. The van der Waals surface area contributed by atoms with Crippen LogP contribution < -0.4 is 15.4 Å². The molecule has 1 fully saturated rings. The van der Waals surface area contributed by atoms with Crippen molar-refractivity contribution in [1.82, 2.24) is 10.6 Å². The Morgan fingerprint density at radius 3 is 2.67 bits per heavy atom. The molecular weight excluding hydrogens is 347 g/mol. The van der Waals surface area contributed by atoms with E-state index in [0.29, 0.717) is 38.2 Å². The number of nitrogens with one attached hydrogen (secondary N) is 2. The van der Waals surface area contributed by atoms with Crippen LogP contribution in [0.1, 0.15) is 64.7 Å². The quantitative estimate of drug-likeness (QED) is 0.610. The maximum atomic E-state index is 13.1. The number of ether oxygens (including phenoxy) is 1. The van der Waals surface area contributed by atoms with Gasteiger partial charge in [-0.05, 0) is 37.8 Å². The lowest BCUT2D eigenvalue weighted by molar-refractivity contribution is -0.135. The molecule has 1 saturated carbocycles. The van der Waals surface area contributed by atoms with Gasteiger partial charge in [-0.1, -0.05) is 38.7 Å². The van der Waals surface area contributed by atoms with Crippen LogP contribution in [0, 0.1) is 5.82 Å². The van der Waals surface area contributed by atoms with Crippen molar-refractivity contribution in [3.8, 4) is 5.75 Å². The summed E-state index contributed by atoms with van der Waals surface area (Å²) in [6.45, 7) is 3.05. The molecule has 0 saturated heterocycles. The molecule has 0 bridgehead atoms. The number of carbonyl (C=O) groups excluding carboxylic acids is 2. The Balaban J connectivity index is 1.79. The normalized spacial score (nSPS) is 15.8. The fourth-order valence-electron chi connectivity index (χ4n) is 3.42. The molecule has 6 heteroatoms. The van der Waals surface area contributed by atoms with Gasteiger partial charge >= 0.3 is 0 Å². The molecule has 5 nitrogen and oxygen atoms in total. The second-order valence-corrected chi connectivity index (χ2v) is 7.21. The van der Waals surface area contributed by atoms with Crippen molar-refractivity contribution in [3.05, 3.63) is 30.1 Å². The molecule has 0 aromatic heterocycles. The predicted molar refractivity (Wildman–Crippen MR) is 103 cm³/mol. The molecule has 1 aliphatic rings. The Kier molecular flexibility index (Phi) is 8.55. The first-order chi connectivity index (χ1) is 13.1. The fourth-order valence-corrected chi connectivity index (χ4v) is 3.42. The van der Waals surface area contributed by atoms with Crippen LogP contribution in [0.3, 0.4) is 0 Å². The lowest BCUT2D eigenvalue weighted by atomic mass is 9.80. The molecule has 27 heavy (non-hydrogen) atoms. The molecule has 1 aromatic carbocycles. The van der Waals surface area contributed by atoms with E-state index in [9.17, 15) is 14.0 Å². The third-order valence-corrected chi connectivity index (χ3v) is 4.95. The molecular formula is C21H31FN2O3. The minimum Gasteiger partial charge on any atom is -0.493 e. The Bertz CT molecular complexity index is 615. The number of amides is 2. The molecule has 0 unspecified atom stereocenters. The highest BCUT2D eigenvalue weighted by Gasteiger charge is 2.40. The van der Waals surface area contributed by atoms with Crippen LogP contribution in [-0.2, 0) is 9.59 Å². The number of hydrogen-bond acceptors (Lipinski definition) is 3. The van der Waals surface area contributed by atoms with E-state index in [2.05, 4.69) is 17.6 Å². The summed E-state index contributed by atoms with van der Waals surface area (Å²) < 4.78 is 18.6. The third kappa shape index (κ3) is 6.85. The smallest absolute Gasteiger partial charge is 0.245 e. The first-order valence-corrected chi connectivity index (χ1v) is 10.0. The Hall–Kier alpha value is -2.11. The van der Waals surface area contributed by atoms with Crippen molar-refractivity contribution in [1.29, 1.82) is 0 Å². The zero-order valence-electron chi connectivity index (χ0n) is 16.2. The molecule has 0 heterocycles. The Morgan fingerprint density at radius 2 is 1.96 bits per heavy atom. The Labute approximate surface area is 161 Å². The van der Waals surface area contributed by atoms with Crippen LogP contribution in [0.25, 0.3) is 0 Å². The van der Waals surface area contributed by atoms with Gasteiger partial charge in [0.2, 0.25) is 11.8 Å². The molecule has 1 aromatic rings. The topological polar surface area (TPSA) is 67.4 Å². The molecule has 0 aliphatic heterocycles. The highest BCUT2D eigenvalue weighted by atomic mass is 19.1. The molecule has 0 spiro atoms. The van der Waals surface area contributed by atoms with Crippen molar-refractivity contribution in [2.75, 3.05) is 13.2 Å². The monoisotopic (exact) mass is 378 g/mol. The van der Waals surface area contributed by atoms with Crippen molar-refractivity contribution < 1.29 is 18.7 Å². The molecule has 2 N–H and O–H groups in total. The maximum absolute atomic E-state index is 13.1. The lowest BCUT2D eigenvalue weighted by Gasteiger charge is -2.36. The van der Waals surface area contributed by atoms with Gasteiger partial charge in [-0.2, -0.15) is 0 Å². The molecule has 1 aliphatic carbocycles. The van der Waals surface area contributed by atoms with E-state index in [1.165, 1.54) is 12.1 Å². The van der Waals surface area contributed by atoms with E-state index < -0.39 is 5.54 Å². The summed E-state index contributed by atoms with van der Waals surface area (Å²) >= 11 is 0. The third-order valence-electron chi connectivity index (χ3n) is 4.95. The van der Waals surface area contributed by atoms with Gasteiger partial charge in [-0.15, -0.1) is 0 Å². The van der Waals surface area contributed by atoms with Gasteiger partial charge in [0.25, 0.3) is 0 Å². The van der Waals surface area contributed by atoms with E-state index in [1.807, 2.05) is 0 Å². The Morgan fingerprint density at radius 1 is 1.19 bits per heavy atom. The summed E-state index contributed by atoms with van der Waals surface area (Å²) in [7, 11) is 0. The minimum atomic E-state index is -0.771. The number of benzene rings is 1. The van der Waals surface area contributed by atoms with Crippen molar-refractivity contribution in [2.45, 2.75) is 70.3 Å². The summed E-state index contributed by atoms with van der Waals surface area (Å²) in [5, 5.41) is 5.98. The summed E-state index contributed by atoms with van der Waals surface area (Å²) in [5.41, 5.74) is -0.771. The van der Waals surface area contributed by atoms with Crippen molar-refractivity contribution >= 4 is 11.8 Å². The largest absolute Gasteiger partial charge is 0.493 e. The van der Waals surface area contributed by atoms with E-state index in [-0.39, 0.29) is 24.1 Å². The summed E-state index contributed by atoms with van der Waals surface area (Å²) in [6, 6.07) is 5.94. The highest BCUT2D eigenvalue weighted by molar-refractivity contribution is 5.91. The fraction of sp³-hybridized carbons (Fsp3) is 0.619. The van der Waals surface area contributed by atoms with Gasteiger partial charge in [0.1, 0.15) is 17.1 Å². The molecule has 2 rings (SSSR count). The first kappa shape index (κ1) is 21.2. The average molecular weight is 378 g/mol. The minimum absolute atomic E-state index is 0.0555. The van der Waals surface area contributed by atoms with Crippen LogP contribution in [0.15, 0.2) is 24.3 Å². The first-order valence-electron chi connectivity index (χ1n) is 10.0. The van der Waals surface area contributed by atoms with Crippen LogP contribution in [0.4, 0.5) is 4.39 Å². The van der Waals surface area contributed by atoms with Crippen LogP contribution in [0.5, 0.6) is 5.75 Å². The highest BCUT2D eigenvalue weighted by Crippen LogP contribution is 2.28. The van der Waals surface area contributed by atoms with E-state index in [0.717, 1.165) is 32.1 Å². The molecule has 2 amide bonds. The van der Waals surface area contributed by atoms with Gasteiger partial charge in [0, 0.05) is 19.0 Å². The van der Waals surface area contributed by atoms with Gasteiger partial charge < -0.3 is 15.4 Å². The van der Waals surface area contributed by atoms with Crippen LogP contribution in [0.2, 0.25) is 0 Å². The zero-order valence-corrected chi connectivity index (χ0v) is 16.2. The van der Waals surface area contributed by atoms with Crippen molar-refractivity contribution in [3.63, 3.8) is 0 Å². The van der Waals surface area contributed by atoms with E-state index in [1.54, 1.807) is 12.1 Å². The van der Waals surface area contributed by atoms with Gasteiger partial charge in [-0.25, -0.2) is 4.39 Å². The lowest BCUT2D eigenvalue weighted by Crippen LogP contribution is -2.59. The van der Waals surface area contributed by atoms with Gasteiger partial charge in [-0.3, -0.25) is 9.59 Å². The van der Waals surface area contributed by atoms with E-state index >= 15 is 0 Å². The van der Waals surface area contributed by atoms with Gasteiger partial charge in [0.05, 0.1) is 6.61 Å². The van der Waals surface area contributed by atoms with Crippen LogP contribution in [-0.4, -0.2) is 30.5 Å². The number of rotatable bonds is 10. The second-order valence-electron chi connectivity index (χ2n) is 7.21. The van der Waals surface area contributed by atoms with Gasteiger partial charge in [0.15, 0.2) is 0 Å². The summed E-state index contributed by atoms with van der Waals surface area (Å²) in [4.78, 5) is 25.1. The summed E-state index contributed by atoms with van der Waals surface area (Å²) in [6.07, 6.45) is 7.12. The molecule has 150 valence electrons. The molecule has 0 radical (unpaired) electrons. The molecule has 0 atom stereocenters. The maximum Gasteiger partial charge on any atom is 0.245 e. The standard InChI is InChI=1S/C21H31FN2O3/c1-2-3-14-23-20(26)21(12-5-4-6-13-21)24-19(25)11-8-15-27-18-10-7-9-17(22)16-18/h7,9-10,16H,2-6,8,11-15H2,1H3,(H,23,26)(H,24,25). The average Bonchev–Trinajstić information content (AvgIpc) is 2.66. The zero-order chi connectivity index (χ0) is 19.5. The number of carbonyl (C=O) groups is 2. The number of hydrogen-bond donors (Lipinski definition) is 2.